The molecule has 0 saturated heterocycles. The number of amides is 1. The molecule has 1 amide bonds. The van der Waals surface area contributed by atoms with Crippen LogP contribution in [0.2, 0.25) is 0 Å². The minimum absolute atomic E-state index is 0. The number of hydrogen-bond acceptors (Lipinski definition) is 3. The van der Waals surface area contributed by atoms with E-state index in [4.69, 9.17) is 10.5 Å². The summed E-state index contributed by atoms with van der Waals surface area (Å²) in [6, 6.07) is 9.39. The van der Waals surface area contributed by atoms with Gasteiger partial charge >= 0.3 is 0 Å². The lowest BCUT2D eigenvalue weighted by molar-refractivity contribution is -0.126. The number of nitrogens with two attached hydrogens (primary N) is 1. The molecule has 3 N–H and O–H groups in total. The van der Waals surface area contributed by atoms with Crippen molar-refractivity contribution in [3.63, 3.8) is 0 Å². The van der Waals surface area contributed by atoms with E-state index < -0.39 is 0 Å². The molecule has 4 nitrogen and oxygen atoms in total. The molecule has 0 fully saturated rings. The Hall–Kier alpha value is -1.10. The zero-order valence-corrected chi connectivity index (χ0v) is 14.9. The molecule has 0 heterocycles. The molecule has 0 saturated carbocycles. The van der Waals surface area contributed by atoms with E-state index in [1.54, 1.807) is 7.11 Å². The van der Waals surface area contributed by atoms with Gasteiger partial charge < -0.3 is 15.8 Å². The van der Waals surface area contributed by atoms with E-state index in [0.29, 0.717) is 6.54 Å². The summed E-state index contributed by atoms with van der Waals surface area (Å²) in [7, 11) is 1.67. The summed E-state index contributed by atoms with van der Waals surface area (Å²) < 4.78 is 5.44. The number of ether oxygens (including phenoxy) is 1. The van der Waals surface area contributed by atoms with Crippen molar-refractivity contribution in [1.82, 2.24) is 5.32 Å². The van der Waals surface area contributed by atoms with Gasteiger partial charge in [0.25, 0.3) is 0 Å². The van der Waals surface area contributed by atoms with Gasteiger partial charge in [0.2, 0.25) is 5.91 Å². The first-order chi connectivity index (χ1) is 9.77. The van der Waals surface area contributed by atoms with Crippen LogP contribution in [0.3, 0.4) is 0 Å². The van der Waals surface area contributed by atoms with Gasteiger partial charge in [-0.15, -0.1) is 12.4 Å². The van der Waals surface area contributed by atoms with E-state index in [1.807, 2.05) is 37.3 Å². The van der Waals surface area contributed by atoms with E-state index in [9.17, 15) is 4.79 Å². The molecule has 1 aromatic carbocycles. The Balaban J connectivity index is 0.00000441. The zero-order chi connectivity index (χ0) is 16.0. The number of rotatable bonds is 6. The van der Waals surface area contributed by atoms with Crippen molar-refractivity contribution in [3.8, 4) is 0 Å². The predicted octanol–water partition coefficient (Wildman–Crippen LogP) is 2.92. The summed E-state index contributed by atoms with van der Waals surface area (Å²) in [5.74, 6) is -0.331. The first kappa shape index (κ1) is 20.9. The van der Waals surface area contributed by atoms with Gasteiger partial charge in [-0.1, -0.05) is 58.0 Å². The lowest BCUT2D eigenvalue weighted by Crippen LogP contribution is -2.43. The molecule has 5 heteroatoms. The molecule has 1 rings (SSSR count). The van der Waals surface area contributed by atoms with Crippen LogP contribution in [0.1, 0.15) is 39.3 Å². The van der Waals surface area contributed by atoms with Gasteiger partial charge in [0, 0.05) is 19.7 Å². The fraction of sp³-hybridized carbons (Fsp3) is 0.588. The number of hydrogen-bond donors (Lipinski definition) is 2. The van der Waals surface area contributed by atoms with Crippen molar-refractivity contribution >= 4 is 18.3 Å². The smallest absolute Gasteiger partial charge is 0.224 e. The molecule has 0 aliphatic carbocycles. The van der Waals surface area contributed by atoms with Crippen LogP contribution in [0.4, 0.5) is 0 Å². The van der Waals surface area contributed by atoms with Crippen molar-refractivity contribution in [1.29, 1.82) is 0 Å². The highest BCUT2D eigenvalue weighted by molar-refractivity contribution is 5.85. The van der Waals surface area contributed by atoms with Gasteiger partial charge in [0.15, 0.2) is 0 Å². The maximum absolute atomic E-state index is 12.3. The number of halogens is 1. The Kier molecular flexibility index (Phi) is 8.68. The lowest BCUT2D eigenvalue weighted by Gasteiger charge is -2.30. The normalized spacial score (nSPS) is 15.4. The largest absolute Gasteiger partial charge is 0.379 e. The number of carbonyl (C=O) groups is 1. The highest BCUT2D eigenvalue weighted by Gasteiger charge is 2.27. The van der Waals surface area contributed by atoms with Gasteiger partial charge in [-0.05, 0) is 11.0 Å². The van der Waals surface area contributed by atoms with Crippen LogP contribution < -0.4 is 11.1 Å². The summed E-state index contributed by atoms with van der Waals surface area (Å²) in [6.07, 6.45) is -0.0263. The Bertz CT molecular complexity index is 446. The molecule has 3 unspecified atom stereocenters. The van der Waals surface area contributed by atoms with Crippen LogP contribution in [-0.4, -0.2) is 25.7 Å². The summed E-state index contributed by atoms with van der Waals surface area (Å²) in [4.78, 5) is 12.3. The average Bonchev–Trinajstić information content (AvgIpc) is 2.45. The molecule has 0 aliphatic rings. The minimum atomic E-state index is -0.304. The first-order valence-electron chi connectivity index (χ1n) is 7.38. The van der Waals surface area contributed by atoms with E-state index in [2.05, 4.69) is 26.1 Å². The van der Waals surface area contributed by atoms with Crippen molar-refractivity contribution in [3.05, 3.63) is 35.9 Å². The summed E-state index contributed by atoms with van der Waals surface area (Å²) in [5, 5.41) is 2.95. The minimum Gasteiger partial charge on any atom is -0.379 e. The monoisotopic (exact) mass is 328 g/mol. The molecule has 126 valence electrons. The maximum Gasteiger partial charge on any atom is 0.224 e. The van der Waals surface area contributed by atoms with Crippen molar-refractivity contribution in [2.75, 3.05) is 13.7 Å². The van der Waals surface area contributed by atoms with Gasteiger partial charge in [0.05, 0.1) is 12.0 Å². The number of nitrogens with one attached hydrogen (secondary N) is 1. The quantitative estimate of drug-likeness (QED) is 0.844. The molecular formula is C17H29ClN2O2. The zero-order valence-electron chi connectivity index (χ0n) is 14.1. The summed E-state index contributed by atoms with van der Waals surface area (Å²) in [6.45, 7) is 8.61. The van der Waals surface area contributed by atoms with Gasteiger partial charge in [0.1, 0.15) is 0 Å². The number of benzene rings is 1. The van der Waals surface area contributed by atoms with Crippen LogP contribution in [0, 0.1) is 11.3 Å². The van der Waals surface area contributed by atoms with Crippen LogP contribution in [0.15, 0.2) is 30.3 Å². The second kappa shape index (κ2) is 9.13. The number of carbonyl (C=O) groups excluding carboxylic acids is 1. The molecule has 0 aliphatic heterocycles. The van der Waals surface area contributed by atoms with Crippen molar-refractivity contribution < 1.29 is 9.53 Å². The van der Waals surface area contributed by atoms with E-state index in [-0.39, 0.29) is 41.8 Å². The second-order valence-electron chi connectivity index (χ2n) is 6.56. The van der Waals surface area contributed by atoms with E-state index >= 15 is 0 Å². The first-order valence-corrected chi connectivity index (χ1v) is 7.38. The molecule has 0 radical (unpaired) electrons. The maximum atomic E-state index is 12.3. The third kappa shape index (κ3) is 5.95. The van der Waals surface area contributed by atoms with Crippen LogP contribution in [0.25, 0.3) is 0 Å². The standard InChI is InChI=1S/C17H28N2O2.ClH/c1-12(15(18)13-9-7-6-8-10-13)16(20)19-11-14(21-5)17(2,3)4;/h6-10,12,14-15H,11,18H2,1-5H3,(H,19,20);1H. The van der Waals surface area contributed by atoms with E-state index in [1.165, 1.54) is 0 Å². The molecule has 22 heavy (non-hydrogen) atoms. The molecule has 0 aromatic heterocycles. The average molecular weight is 329 g/mol. The lowest BCUT2D eigenvalue weighted by atomic mass is 9.88. The molecule has 3 atom stereocenters. The number of methoxy groups -OCH3 is 1. The highest BCUT2D eigenvalue weighted by Crippen LogP contribution is 2.22. The summed E-state index contributed by atoms with van der Waals surface area (Å²) in [5.41, 5.74) is 7.12. The predicted molar refractivity (Wildman–Crippen MR) is 93.0 cm³/mol. The SMILES string of the molecule is COC(CNC(=O)C(C)C(N)c1ccccc1)C(C)(C)C.Cl. The Morgan fingerprint density at radius 1 is 1.27 bits per heavy atom. The van der Waals surface area contributed by atoms with Crippen molar-refractivity contribution in [2.24, 2.45) is 17.1 Å². The van der Waals surface area contributed by atoms with Crippen LogP contribution in [0.5, 0.6) is 0 Å². The third-order valence-electron chi connectivity index (χ3n) is 3.85. The molecule has 0 bridgehead atoms. The Labute approximate surface area is 140 Å². The van der Waals surface area contributed by atoms with Crippen LogP contribution >= 0.6 is 12.4 Å². The van der Waals surface area contributed by atoms with Gasteiger partial charge in [-0.25, -0.2) is 0 Å². The van der Waals surface area contributed by atoms with E-state index in [0.717, 1.165) is 5.56 Å². The van der Waals surface area contributed by atoms with Gasteiger partial charge in [-0.3, -0.25) is 4.79 Å². The van der Waals surface area contributed by atoms with Gasteiger partial charge in [-0.2, -0.15) is 0 Å². The Morgan fingerprint density at radius 3 is 2.27 bits per heavy atom. The topological polar surface area (TPSA) is 64.3 Å². The van der Waals surface area contributed by atoms with Crippen LogP contribution in [-0.2, 0) is 9.53 Å². The van der Waals surface area contributed by atoms with Crippen molar-refractivity contribution in [2.45, 2.75) is 39.8 Å². The molecular weight excluding hydrogens is 300 g/mol. The Morgan fingerprint density at radius 2 is 1.82 bits per heavy atom. The summed E-state index contributed by atoms with van der Waals surface area (Å²) >= 11 is 0. The molecule has 0 spiro atoms. The fourth-order valence-corrected chi connectivity index (χ4v) is 2.22. The second-order valence-corrected chi connectivity index (χ2v) is 6.56. The highest BCUT2D eigenvalue weighted by atomic mass is 35.5. The molecule has 1 aromatic rings. The third-order valence-corrected chi connectivity index (χ3v) is 3.85. The fourth-order valence-electron chi connectivity index (χ4n) is 2.22.